The van der Waals surface area contributed by atoms with Gasteiger partial charge in [0.15, 0.2) is 0 Å². The molecule has 43 heavy (non-hydrogen) atoms. The lowest BCUT2D eigenvalue weighted by Gasteiger charge is -2.25. The molecule has 1 fully saturated rings. The van der Waals surface area contributed by atoms with Crippen LogP contribution in [0.4, 0.5) is 0 Å². The monoisotopic (exact) mass is 566 g/mol. The van der Waals surface area contributed by atoms with Gasteiger partial charge in [-0.1, -0.05) is 109 Å². The normalized spacial score (nSPS) is 18.0. The summed E-state index contributed by atoms with van der Waals surface area (Å²) in [4.78, 5) is 5.14. The first-order valence-corrected chi connectivity index (χ1v) is 16.1. The predicted octanol–water partition coefficient (Wildman–Crippen LogP) is 11.4. The molecule has 2 heteroatoms. The Balaban J connectivity index is 1.61. The highest BCUT2D eigenvalue weighted by atomic mass is 15.1. The van der Waals surface area contributed by atoms with E-state index in [1.54, 1.807) is 0 Å². The van der Waals surface area contributed by atoms with E-state index in [-0.39, 0.29) is 5.41 Å². The number of benzene rings is 4. The Labute approximate surface area is 258 Å². The summed E-state index contributed by atoms with van der Waals surface area (Å²) in [5.74, 6) is 2.47. The number of rotatable bonds is 8. The lowest BCUT2D eigenvalue weighted by Crippen LogP contribution is -2.12. The molecular weight excluding hydrogens is 520 g/mol. The van der Waals surface area contributed by atoms with Gasteiger partial charge in [-0.3, -0.25) is 4.57 Å². The lowest BCUT2D eigenvalue weighted by atomic mass is 9.85. The van der Waals surface area contributed by atoms with Crippen LogP contribution < -0.4 is 0 Å². The summed E-state index contributed by atoms with van der Waals surface area (Å²) in [6.07, 6.45) is 6.63. The van der Waals surface area contributed by atoms with Crippen LogP contribution in [0.2, 0.25) is 0 Å². The Morgan fingerprint density at radius 3 is 2.02 bits per heavy atom. The van der Waals surface area contributed by atoms with Gasteiger partial charge in [-0.25, -0.2) is 4.98 Å². The van der Waals surface area contributed by atoms with E-state index in [0.29, 0.717) is 17.8 Å². The van der Waals surface area contributed by atoms with Gasteiger partial charge >= 0.3 is 0 Å². The number of nitrogens with zero attached hydrogens (tertiary/aromatic N) is 2. The van der Waals surface area contributed by atoms with E-state index in [1.165, 1.54) is 74.2 Å². The van der Waals surface area contributed by atoms with Gasteiger partial charge in [0.1, 0.15) is 5.82 Å². The molecule has 0 N–H and O–H groups in total. The van der Waals surface area contributed by atoms with Crippen molar-refractivity contribution in [2.24, 2.45) is 5.92 Å². The van der Waals surface area contributed by atoms with Crippen LogP contribution in [0, 0.1) is 19.8 Å². The SMILES string of the molecule is CC[C@H]1CC1(C)c1ccc(-c2c(C)cccc2C)cc1-c1nccn1-c1c(C(C)C)cc(-c2ccccc2)cc1C(C)C. The Bertz CT molecular complexity index is 1720. The van der Waals surface area contributed by atoms with Crippen LogP contribution >= 0.6 is 0 Å². The first-order valence-electron chi connectivity index (χ1n) is 16.1. The van der Waals surface area contributed by atoms with Gasteiger partial charge in [-0.05, 0) is 112 Å². The van der Waals surface area contributed by atoms with Gasteiger partial charge in [0, 0.05) is 18.0 Å². The quantitative estimate of drug-likeness (QED) is 0.183. The van der Waals surface area contributed by atoms with Gasteiger partial charge in [0.2, 0.25) is 0 Å². The molecule has 1 aliphatic rings. The van der Waals surface area contributed by atoms with E-state index in [1.807, 2.05) is 6.20 Å². The molecule has 6 rings (SSSR count). The Morgan fingerprint density at radius 2 is 1.44 bits per heavy atom. The fraction of sp³-hybridized carbons (Fsp3) is 0.341. The Hall–Kier alpha value is -3.91. The Morgan fingerprint density at radius 1 is 0.791 bits per heavy atom. The van der Waals surface area contributed by atoms with Gasteiger partial charge in [-0.2, -0.15) is 0 Å². The van der Waals surface area contributed by atoms with Crippen molar-refractivity contribution < 1.29 is 0 Å². The molecule has 0 saturated heterocycles. The van der Waals surface area contributed by atoms with E-state index >= 15 is 0 Å². The molecule has 1 saturated carbocycles. The van der Waals surface area contributed by atoms with Crippen LogP contribution in [0.15, 0.2) is 91.3 Å². The minimum atomic E-state index is 0.180. The molecule has 2 atom stereocenters. The maximum atomic E-state index is 5.14. The minimum absolute atomic E-state index is 0.180. The molecule has 1 unspecified atom stereocenters. The summed E-state index contributed by atoms with van der Waals surface area (Å²) >= 11 is 0. The molecule has 2 nitrogen and oxygen atoms in total. The second-order valence-electron chi connectivity index (χ2n) is 13.6. The molecule has 1 heterocycles. The van der Waals surface area contributed by atoms with Crippen molar-refractivity contribution in [2.45, 2.75) is 85.5 Å². The topological polar surface area (TPSA) is 17.8 Å². The smallest absolute Gasteiger partial charge is 0.144 e. The van der Waals surface area contributed by atoms with Gasteiger partial charge in [-0.15, -0.1) is 0 Å². The largest absolute Gasteiger partial charge is 0.299 e. The first-order chi connectivity index (χ1) is 20.6. The number of aromatic nitrogens is 2. The van der Waals surface area contributed by atoms with Crippen LogP contribution in [0.25, 0.3) is 39.3 Å². The first kappa shape index (κ1) is 29.2. The number of aryl methyl sites for hydroxylation is 2. The van der Waals surface area contributed by atoms with Gasteiger partial charge in [0.25, 0.3) is 0 Å². The second kappa shape index (κ2) is 11.3. The summed E-state index contributed by atoms with van der Waals surface area (Å²) in [5.41, 5.74) is 14.7. The highest BCUT2D eigenvalue weighted by molar-refractivity contribution is 5.79. The van der Waals surface area contributed by atoms with Crippen molar-refractivity contribution in [3.63, 3.8) is 0 Å². The summed E-state index contributed by atoms with van der Waals surface area (Å²) in [6.45, 7) is 18.5. The van der Waals surface area contributed by atoms with Crippen molar-refractivity contribution in [3.8, 4) is 39.3 Å². The standard InChI is InChI=1S/C41H46N2/c1-9-33-25-41(33,8)37-19-18-31(38-28(6)14-13-15-29(38)7)22-36(37)40-42-20-21-43(40)39-34(26(2)3)23-32(24-35(39)27(4)5)30-16-11-10-12-17-30/h10-24,26-27,33H,9,25H2,1-8H3/t33-,41?/m0/s1. The Kier molecular flexibility index (Phi) is 7.67. The minimum Gasteiger partial charge on any atom is -0.299 e. The van der Waals surface area contributed by atoms with Crippen molar-refractivity contribution in [1.82, 2.24) is 9.55 Å². The average molecular weight is 567 g/mol. The molecule has 0 aliphatic heterocycles. The van der Waals surface area contributed by atoms with E-state index < -0.39 is 0 Å². The van der Waals surface area contributed by atoms with Crippen molar-refractivity contribution in [2.75, 3.05) is 0 Å². The second-order valence-corrected chi connectivity index (χ2v) is 13.6. The van der Waals surface area contributed by atoms with Gasteiger partial charge < -0.3 is 0 Å². The van der Waals surface area contributed by atoms with Crippen LogP contribution in [-0.4, -0.2) is 9.55 Å². The molecule has 0 bridgehead atoms. The average Bonchev–Trinajstić information content (AvgIpc) is 3.44. The zero-order valence-electron chi connectivity index (χ0n) is 27.2. The molecule has 1 aliphatic carbocycles. The van der Waals surface area contributed by atoms with E-state index in [2.05, 4.69) is 145 Å². The maximum absolute atomic E-state index is 5.14. The molecule has 220 valence electrons. The zero-order valence-corrected chi connectivity index (χ0v) is 27.2. The summed E-state index contributed by atoms with van der Waals surface area (Å²) in [5, 5.41) is 0. The van der Waals surface area contributed by atoms with Crippen LogP contribution in [0.5, 0.6) is 0 Å². The summed E-state index contributed by atoms with van der Waals surface area (Å²) in [6, 6.07) is 29.4. The molecule has 0 amide bonds. The molecule has 0 radical (unpaired) electrons. The fourth-order valence-corrected chi connectivity index (χ4v) is 7.35. The molecule has 4 aromatic carbocycles. The molecule has 1 aromatic heterocycles. The maximum Gasteiger partial charge on any atom is 0.144 e. The van der Waals surface area contributed by atoms with E-state index in [0.717, 1.165) is 5.82 Å². The molecule has 5 aromatic rings. The fourth-order valence-electron chi connectivity index (χ4n) is 7.35. The number of hydrogen-bond acceptors (Lipinski definition) is 1. The predicted molar refractivity (Wildman–Crippen MR) is 183 cm³/mol. The van der Waals surface area contributed by atoms with Crippen molar-refractivity contribution in [3.05, 3.63) is 119 Å². The molecular formula is C41H46N2. The number of imidazole rings is 1. The molecule has 0 spiro atoms. The van der Waals surface area contributed by atoms with Crippen LogP contribution in [0.1, 0.15) is 94.0 Å². The van der Waals surface area contributed by atoms with Crippen molar-refractivity contribution >= 4 is 0 Å². The van der Waals surface area contributed by atoms with Gasteiger partial charge in [0.05, 0.1) is 5.69 Å². The lowest BCUT2D eigenvalue weighted by molar-refractivity contribution is 0.643. The third-order valence-corrected chi connectivity index (χ3v) is 9.95. The highest BCUT2D eigenvalue weighted by Crippen LogP contribution is 2.58. The summed E-state index contributed by atoms with van der Waals surface area (Å²) < 4.78 is 2.40. The summed E-state index contributed by atoms with van der Waals surface area (Å²) in [7, 11) is 0. The van der Waals surface area contributed by atoms with E-state index in [9.17, 15) is 0 Å². The number of hydrogen-bond donors (Lipinski definition) is 0. The van der Waals surface area contributed by atoms with Crippen LogP contribution in [-0.2, 0) is 5.41 Å². The van der Waals surface area contributed by atoms with E-state index in [4.69, 9.17) is 4.98 Å². The van der Waals surface area contributed by atoms with Crippen molar-refractivity contribution in [1.29, 1.82) is 0 Å². The third kappa shape index (κ3) is 5.16. The third-order valence-electron chi connectivity index (χ3n) is 9.95. The zero-order chi connectivity index (χ0) is 30.5. The van der Waals surface area contributed by atoms with Crippen LogP contribution in [0.3, 0.4) is 0 Å². The highest BCUT2D eigenvalue weighted by Gasteiger charge is 2.51.